The number of aromatic nitrogens is 6. The summed E-state index contributed by atoms with van der Waals surface area (Å²) >= 11 is 0. The van der Waals surface area contributed by atoms with E-state index in [1.807, 2.05) is 21.6 Å². The van der Waals surface area contributed by atoms with E-state index in [9.17, 15) is 0 Å². The average Bonchev–Trinajstić information content (AvgIpc) is 3.29. The lowest BCUT2D eigenvalue weighted by atomic mass is 9.93. The molecule has 1 aliphatic heterocycles. The van der Waals surface area contributed by atoms with Crippen LogP contribution in [0.25, 0.3) is 5.65 Å². The summed E-state index contributed by atoms with van der Waals surface area (Å²) in [6.07, 6.45) is 5.68. The van der Waals surface area contributed by atoms with Crippen molar-refractivity contribution in [3.8, 4) is 0 Å². The second kappa shape index (κ2) is 6.68. The Morgan fingerprint density at radius 1 is 1.04 bits per heavy atom. The van der Waals surface area contributed by atoms with E-state index in [2.05, 4.69) is 53.0 Å². The summed E-state index contributed by atoms with van der Waals surface area (Å²) in [5.74, 6) is 1.02. The van der Waals surface area contributed by atoms with Gasteiger partial charge in [0, 0.05) is 44.3 Å². The Labute approximate surface area is 153 Å². The van der Waals surface area contributed by atoms with Gasteiger partial charge in [0.1, 0.15) is 5.82 Å². The lowest BCUT2D eigenvalue weighted by molar-refractivity contribution is 0.243. The fourth-order valence-corrected chi connectivity index (χ4v) is 3.20. The predicted molar refractivity (Wildman–Crippen MR) is 100 cm³/mol. The third-order valence-electron chi connectivity index (χ3n) is 4.89. The van der Waals surface area contributed by atoms with Crippen LogP contribution in [0.3, 0.4) is 0 Å². The third kappa shape index (κ3) is 3.55. The number of rotatable bonds is 4. The zero-order valence-corrected chi connectivity index (χ0v) is 15.7. The molecule has 0 atom stereocenters. The zero-order chi connectivity index (χ0) is 18.1. The van der Waals surface area contributed by atoms with E-state index in [0.717, 1.165) is 56.4 Å². The number of fused-ring (bicyclic) bond motifs is 1. The molecule has 0 N–H and O–H groups in total. The molecule has 3 aromatic rings. The van der Waals surface area contributed by atoms with Gasteiger partial charge < -0.3 is 4.90 Å². The molecule has 1 fully saturated rings. The number of hydrogen-bond acceptors (Lipinski definition) is 6. The number of piperazine rings is 1. The van der Waals surface area contributed by atoms with Crippen LogP contribution in [0.1, 0.15) is 26.5 Å². The van der Waals surface area contributed by atoms with Crippen molar-refractivity contribution in [3.63, 3.8) is 0 Å². The van der Waals surface area contributed by atoms with Gasteiger partial charge in [-0.3, -0.25) is 9.58 Å². The van der Waals surface area contributed by atoms with E-state index >= 15 is 0 Å². The molecule has 138 valence electrons. The predicted octanol–water partition coefficient (Wildman–Crippen LogP) is 1.44. The van der Waals surface area contributed by atoms with Crippen molar-refractivity contribution in [2.45, 2.75) is 32.7 Å². The van der Waals surface area contributed by atoms with E-state index in [1.54, 1.807) is 6.20 Å². The van der Waals surface area contributed by atoms with E-state index in [1.165, 1.54) is 0 Å². The number of anilines is 1. The normalized spacial score (nSPS) is 16.5. The third-order valence-corrected chi connectivity index (χ3v) is 4.89. The summed E-state index contributed by atoms with van der Waals surface area (Å²) in [5, 5.41) is 12.7. The molecule has 8 heteroatoms. The Morgan fingerprint density at radius 2 is 1.85 bits per heavy atom. The van der Waals surface area contributed by atoms with Crippen molar-refractivity contribution >= 4 is 11.5 Å². The molecule has 1 aliphatic rings. The molecule has 4 heterocycles. The standard InChI is InChI=1S/C18H26N8/c1-18(2,3)15-14-26-16(20-15)4-5-17(21-26)24-11-8-23(9-12-24)10-13-25-7-6-19-22-25/h4-7,14H,8-13H2,1-3H3. The Balaban J connectivity index is 1.39. The summed E-state index contributed by atoms with van der Waals surface area (Å²) in [5.41, 5.74) is 2.01. The first-order valence-electron chi connectivity index (χ1n) is 9.17. The van der Waals surface area contributed by atoms with Crippen molar-refractivity contribution in [2.24, 2.45) is 0 Å². The van der Waals surface area contributed by atoms with Crippen LogP contribution in [0.15, 0.2) is 30.7 Å². The Hall–Kier alpha value is -2.48. The molecule has 1 saturated heterocycles. The van der Waals surface area contributed by atoms with E-state index in [0.29, 0.717) is 0 Å². The zero-order valence-electron chi connectivity index (χ0n) is 15.7. The summed E-state index contributed by atoms with van der Waals surface area (Å²) in [6.45, 7) is 12.4. The molecular formula is C18H26N8. The van der Waals surface area contributed by atoms with Gasteiger partial charge in [-0.25, -0.2) is 9.50 Å². The van der Waals surface area contributed by atoms with Gasteiger partial charge >= 0.3 is 0 Å². The molecule has 8 nitrogen and oxygen atoms in total. The second-order valence-electron chi connectivity index (χ2n) is 7.87. The highest BCUT2D eigenvalue weighted by Gasteiger charge is 2.20. The first-order valence-corrected chi connectivity index (χ1v) is 9.17. The highest BCUT2D eigenvalue weighted by molar-refractivity contribution is 5.47. The van der Waals surface area contributed by atoms with Crippen LogP contribution >= 0.6 is 0 Å². The lowest BCUT2D eigenvalue weighted by Gasteiger charge is -2.35. The van der Waals surface area contributed by atoms with Gasteiger partial charge in [0.05, 0.1) is 24.6 Å². The Kier molecular flexibility index (Phi) is 4.36. The molecule has 0 bridgehead atoms. The maximum absolute atomic E-state index is 4.78. The quantitative estimate of drug-likeness (QED) is 0.706. The van der Waals surface area contributed by atoms with Crippen LogP contribution in [0.5, 0.6) is 0 Å². The van der Waals surface area contributed by atoms with Crippen LogP contribution in [0.4, 0.5) is 5.82 Å². The molecule has 26 heavy (non-hydrogen) atoms. The minimum Gasteiger partial charge on any atom is -0.353 e. The maximum atomic E-state index is 4.78. The van der Waals surface area contributed by atoms with Crippen LogP contribution in [0, 0.1) is 0 Å². The highest BCUT2D eigenvalue weighted by atomic mass is 15.4. The van der Waals surface area contributed by atoms with Crippen molar-refractivity contribution in [2.75, 3.05) is 37.6 Å². The fourth-order valence-electron chi connectivity index (χ4n) is 3.20. The van der Waals surface area contributed by atoms with Crippen molar-refractivity contribution < 1.29 is 0 Å². The van der Waals surface area contributed by atoms with Gasteiger partial charge in [0.25, 0.3) is 0 Å². The minimum absolute atomic E-state index is 0.0313. The Bertz CT molecular complexity index is 853. The van der Waals surface area contributed by atoms with Gasteiger partial charge in [-0.05, 0) is 12.1 Å². The monoisotopic (exact) mass is 354 g/mol. The fraction of sp³-hybridized carbons (Fsp3) is 0.556. The average molecular weight is 354 g/mol. The van der Waals surface area contributed by atoms with Crippen molar-refractivity contribution in [3.05, 3.63) is 36.4 Å². The van der Waals surface area contributed by atoms with E-state index in [-0.39, 0.29) is 5.41 Å². The van der Waals surface area contributed by atoms with E-state index in [4.69, 9.17) is 10.1 Å². The highest BCUT2D eigenvalue weighted by Crippen LogP contribution is 2.22. The first-order chi connectivity index (χ1) is 12.5. The van der Waals surface area contributed by atoms with Gasteiger partial charge in [0.15, 0.2) is 5.65 Å². The van der Waals surface area contributed by atoms with E-state index < -0.39 is 0 Å². The molecular weight excluding hydrogens is 328 g/mol. The topological polar surface area (TPSA) is 67.4 Å². The number of imidazole rings is 1. The largest absolute Gasteiger partial charge is 0.353 e. The van der Waals surface area contributed by atoms with Crippen LogP contribution < -0.4 is 4.90 Å². The molecule has 0 aromatic carbocycles. The number of hydrogen-bond donors (Lipinski definition) is 0. The molecule has 0 spiro atoms. The lowest BCUT2D eigenvalue weighted by Crippen LogP contribution is -2.47. The molecule has 0 saturated carbocycles. The molecule has 4 rings (SSSR count). The summed E-state index contributed by atoms with van der Waals surface area (Å²) in [6, 6.07) is 4.15. The molecule has 0 radical (unpaired) electrons. The first kappa shape index (κ1) is 17.0. The van der Waals surface area contributed by atoms with Gasteiger partial charge in [-0.15, -0.1) is 10.2 Å². The van der Waals surface area contributed by atoms with Crippen molar-refractivity contribution in [1.29, 1.82) is 0 Å². The summed E-state index contributed by atoms with van der Waals surface area (Å²) in [7, 11) is 0. The van der Waals surface area contributed by atoms with Crippen molar-refractivity contribution in [1.82, 2.24) is 34.5 Å². The van der Waals surface area contributed by atoms with Crippen LogP contribution in [-0.4, -0.2) is 67.2 Å². The molecule has 0 unspecified atom stereocenters. The van der Waals surface area contributed by atoms with Crippen LogP contribution in [0.2, 0.25) is 0 Å². The molecule has 3 aromatic heterocycles. The number of nitrogens with zero attached hydrogens (tertiary/aromatic N) is 8. The SMILES string of the molecule is CC(C)(C)c1cn2nc(N3CCN(CCn4ccnn4)CC3)ccc2n1. The maximum Gasteiger partial charge on any atom is 0.153 e. The van der Waals surface area contributed by atoms with Crippen LogP contribution in [-0.2, 0) is 12.0 Å². The summed E-state index contributed by atoms with van der Waals surface area (Å²) < 4.78 is 3.79. The molecule has 0 aliphatic carbocycles. The van der Waals surface area contributed by atoms with Gasteiger partial charge in [-0.2, -0.15) is 0 Å². The Morgan fingerprint density at radius 3 is 2.54 bits per heavy atom. The molecule has 0 amide bonds. The second-order valence-corrected chi connectivity index (χ2v) is 7.87. The van der Waals surface area contributed by atoms with Gasteiger partial charge in [0.2, 0.25) is 0 Å². The summed E-state index contributed by atoms with van der Waals surface area (Å²) in [4.78, 5) is 9.50. The smallest absolute Gasteiger partial charge is 0.153 e. The van der Waals surface area contributed by atoms with Gasteiger partial charge in [-0.1, -0.05) is 26.0 Å². The minimum atomic E-state index is 0.0313.